The zero-order valence-electron chi connectivity index (χ0n) is 16.2. The normalized spacial score (nSPS) is 21.1. The molecule has 0 aromatic carbocycles. The topological polar surface area (TPSA) is 83.0 Å². The Morgan fingerprint density at radius 1 is 1.29 bits per heavy atom. The van der Waals surface area contributed by atoms with E-state index < -0.39 is 15.5 Å². The molecule has 2 fully saturated rings. The van der Waals surface area contributed by atoms with Crippen molar-refractivity contribution in [2.24, 2.45) is 10.4 Å². The maximum atomic E-state index is 12.6. The van der Waals surface area contributed by atoms with E-state index in [0.717, 1.165) is 32.4 Å². The maximum Gasteiger partial charge on any atom is 0.511 e. The average Bonchev–Trinajstić information content (AvgIpc) is 3.38. The molecule has 1 heterocycles. The van der Waals surface area contributed by atoms with Gasteiger partial charge in [-0.1, -0.05) is 0 Å². The zero-order valence-corrected chi connectivity index (χ0v) is 19.4. The van der Waals surface area contributed by atoms with Crippen LogP contribution in [0.3, 0.4) is 0 Å². The largest absolute Gasteiger partial charge is 0.511 e. The number of guanidine groups is 1. The molecule has 12 heteroatoms. The molecule has 0 bridgehead atoms. The van der Waals surface area contributed by atoms with Crippen molar-refractivity contribution in [1.82, 2.24) is 14.9 Å². The Morgan fingerprint density at radius 2 is 1.89 bits per heavy atom. The molecule has 0 atom stereocenters. The average molecular weight is 542 g/mol. The van der Waals surface area contributed by atoms with E-state index in [0.29, 0.717) is 29.7 Å². The molecule has 0 amide bonds. The molecule has 1 saturated carbocycles. The van der Waals surface area contributed by atoms with Crippen LogP contribution in [0.25, 0.3) is 0 Å². The van der Waals surface area contributed by atoms with E-state index in [-0.39, 0.29) is 48.5 Å². The molecule has 166 valence electrons. The third-order valence-corrected chi connectivity index (χ3v) is 6.85. The van der Waals surface area contributed by atoms with Crippen LogP contribution in [0.2, 0.25) is 0 Å². The number of ether oxygens (including phenoxy) is 1. The van der Waals surface area contributed by atoms with Crippen molar-refractivity contribution in [3.05, 3.63) is 0 Å². The first-order valence-electron chi connectivity index (χ1n) is 9.25. The zero-order chi connectivity index (χ0) is 20.1. The molecule has 0 unspecified atom stereocenters. The number of hydrogen-bond donors (Lipinski definition) is 2. The molecule has 2 rings (SSSR count). The molecule has 2 aliphatic rings. The summed E-state index contributed by atoms with van der Waals surface area (Å²) in [7, 11) is -3.60. The van der Waals surface area contributed by atoms with Gasteiger partial charge in [-0.05, 0) is 44.4 Å². The van der Waals surface area contributed by atoms with Crippen molar-refractivity contribution in [3.63, 3.8) is 0 Å². The van der Waals surface area contributed by atoms with Crippen LogP contribution < -0.4 is 10.6 Å². The van der Waals surface area contributed by atoms with Crippen LogP contribution in [0, 0.1) is 5.41 Å². The summed E-state index contributed by atoms with van der Waals surface area (Å²) in [6.45, 7) is 3.85. The summed E-state index contributed by atoms with van der Waals surface area (Å²) in [5.41, 5.74) is -5.01. The van der Waals surface area contributed by atoms with Gasteiger partial charge in [0.25, 0.3) is 0 Å². The minimum atomic E-state index is -5.25. The van der Waals surface area contributed by atoms with Gasteiger partial charge in [0.05, 0.1) is 0 Å². The Morgan fingerprint density at radius 3 is 2.36 bits per heavy atom. The van der Waals surface area contributed by atoms with Gasteiger partial charge in [-0.2, -0.15) is 17.5 Å². The molecular formula is C16H30F3IN4O3S. The molecule has 0 aromatic heterocycles. The Labute approximate surface area is 181 Å². The van der Waals surface area contributed by atoms with Gasteiger partial charge in [0, 0.05) is 45.9 Å². The summed E-state index contributed by atoms with van der Waals surface area (Å²) in [6, 6.07) is -0.116. The van der Waals surface area contributed by atoms with Gasteiger partial charge in [-0.25, -0.2) is 8.42 Å². The fourth-order valence-corrected chi connectivity index (χ4v) is 4.16. The van der Waals surface area contributed by atoms with E-state index in [1.807, 2.05) is 6.92 Å². The Balaban J connectivity index is 0.00000392. The van der Waals surface area contributed by atoms with Gasteiger partial charge in [0.15, 0.2) is 5.96 Å². The summed E-state index contributed by atoms with van der Waals surface area (Å²) < 4.78 is 66.7. The Kier molecular flexibility index (Phi) is 9.74. The summed E-state index contributed by atoms with van der Waals surface area (Å²) in [5.74, 6) is 0.592. The van der Waals surface area contributed by atoms with E-state index >= 15 is 0 Å². The second-order valence-electron chi connectivity index (χ2n) is 7.14. The van der Waals surface area contributed by atoms with E-state index in [2.05, 4.69) is 15.6 Å². The number of sulfonamides is 1. The van der Waals surface area contributed by atoms with E-state index in [4.69, 9.17) is 4.74 Å². The highest BCUT2D eigenvalue weighted by Gasteiger charge is 2.50. The standard InChI is InChI=1S/C16H29F3N4O3S.HI/c1-3-26-11-8-15(6-7-15)12-21-14(20-2)22-13-4-9-23(10-5-13)27(24,25)16(17,18)19;/h13H,3-12H2,1-2H3,(H2,20,21,22);1H. The lowest BCUT2D eigenvalue weighted by atomic mass is 10.0. The maximum absolute atomic E-state index is 12.6. The second-order valence-corrected chi connectivity index (χ2v) is 9.07. The molecule has 28 heavy (non-hydrogen) atoms. The highest BCUT2D eigenvalue weighted by molar-refractivity contribution is 14.0. The monoisotopic (exact) mass is 542 g/mol. The van der Waals surface area contributed by atoms with Crippen LogP contribution >= 0.6 is 24.0 Å². The van der Waals surface area contributed by atoms with Gasteiger partial charge < -0.3 is 15.4 Å². The number of alkyl halides is 3. The van der Waals surface area contributed by atoms with Crippen LogP contribution in [-0.2, 0) is 14.8 Å². The molecule has 0 radical (unpaired) electrons. The lowest BCUT2D eigenvalue weighted by Gasteiger charge is -2.32. The highest BCUT2D eigenvalue weighted by atomic mass is 127. The summed E-state index contributed by atoms with van der Waals surface area (Å²) >= 11 is 0. The second kappa shape index (κ2) is 10.6. The molecule has 1 aliphatic carbocycles. The smallest absolute Gasteiger partial charge is 0.382 e. The molecule has 0 aromatic rings. The number of rotatable bonds is 8. The van der Waals surface area contributed by atoms with Crippen molar-refractivity contribution < 1.29 is 26.3 Å². The van der Waals surface area contributed by atoms with Crippen molar-refractivity contribution in [2.45, 2.75) is 50.6 Å². The van der Waals surface area contributed by atoms with Crippen molar-refractivity contribution in [3.8, 4) is 0 Å². The molecule has 0 spiro atoms. The van der Waals surface area contributed by atoms with Crippen molar-refractivity contribution in [2.75, 3.05) is 39.9 Å². The van der Waals surface area contributed by atoms with Crippen LogP contribution in [0.4, 0.5) is 13.2 Å². The van der Waals surface area contributed by atoms with Gasteiger partial charge in [-0.3, -0.25) is 4.99 Å². The summed E-state index contributed by atoms with van der Waals surface area (Å²) in [5, 5.41) is 6.47. The van der Waals surface area contributed by atoms with Crippen LogP contribution in [0.15, 0.2) is 4.99 Å². The first kappa shape index (κ1) is 25.7. The van der Waals surface area contributed by atoms with Gasteiger partial charge in [0.1, 0.15) is 0 Å². The fourth-order valence-electron chi connectivity index (χ4n) is 3.17. The van der Waals surface area contributed by atoms with Crippen molar-refractivity contribution in [1.29, 1.82) is 0 Å². The van der Waals surface area contributed by atoms with Gasteiger partial charge in [-0.15, -0.1) is 24.0 Å². The SMILES string of the molecule is CCOCCC1(CNC(=NC)NC2CCN(S(=O)(=O)C(F)(F)F)CC2)CC1.I. The van der Waals surface area contributed by atoms with Crippen LogP contribution in [0.1, 0.15) is 39.0 Å². The number of hydrogen-bond acceptors (Lipinski definition) is 4. The summed E-state index contributed by atoms with van der Waals surface area (Å²) in [6.07, 6.45) is 3.85. The Bertz CT molecular complexity index is 619. The molecule has 1 aliphatic heterocycles. The van der Waals surface area contributed by atoms with E-state index in [1.165, 1.54) is 0 Å². The first-order chi connectivity index (χ1) is 12.6. The van der Waals surface area contributed by atoms with Crippen LogP contribution in [0.5, 0.6) is 0 Å². The highest BCUT2D eigenvalue weighted by Crippen LogP contribution is 2.48. The number of piperidine rings is 1. The lowest BCUT2D eigenvalue weighted by molar-refractivity contribution is -0.0494. The number of nitrogens with zero attached hydrogens (tertiary/aromatic N) is 2. The number of nitrogens with one attached hydrogen (secondary N) is 2. The van der Waals surface area contributed by atoms with E-state index in [9.17, 15) is 21.6 Å². The summed E-state index contributed by atoms with van der Waals surface area (Å²) in [4.78, 5) is 4.17. The van der Waals surface area contributed by atoms with Crippen LogP contribution in [-0.4, -0.2) is 70.1 Å². The minimum Gasteiger partial charge on any atom is -0.382 e. The van der Waals surface area contributed by atoms with E-state index in [1.54, 1.807) is 7.05 Å². The molecule has 1 saturated heterocycles. The third kappa shape index (κ3) is 6.87. The predicted molar refractivity (Wildman–Crippen MR) is 112 cm³/mol. The predicted octanol–water partition coefficient (Wildman–Crippen LogP) is 2.29. The first-order valence-corrected chi connectivity index (χ1v) is 10.7. The van der Waals surface area contributed by atoms with Gasteiger partial charge >= 0.3 is 15.5 Å². The Hall–Kier alpha value is -0.340. The third-order valence-electron chi connectivity index (χ3n) is 5.22. The number of halogens is 4. The molecule has 7 nitrogen and oxygen atoms in total. The molecule has 2 N–H and O–H groups in total. The number of aliphatic imine (C=N–C) groups is 1. The minimum absolute atomic E-state index is 0. The molecular weight excluding hydrogens is 512 g/mol. The quantitative estimate of drug-likeness (QED) is 0.213. The fraction of sp³-hybridized carbons (Fsp3) is 0.938. The lowest BCUT2D eigenvalue weighted by Crippen LogP contribution is -2.52. The van der Waals surface area contributed by atoms with Gasteiger partial charge in [0.2, 0.25) is 0 Å². The van der Waals surface area contributed by atoms with Crippen molar-refractivity contribution >= 4 is 40.0 Å².